The van der Waals surface area contributed by atoms with E-state index in [2.05, 4.69) is 84.5 Å². The Morgan fingerprint density at radius 1 is 0.736 bits per heavy atom. The molecule has 0 saturated heterocycles. The van der Waals surface area contributed by atoms with Gasteiger partial charge in [0.1, 0.15) is 12.2 Å². The number of benzene rings is 2. The smallest absolute Gasteiger partial charge is 0.338 e. The van der Waals surface area contributed by atoms with Crippen LogP contribution in [0.2, 0.25) is 0 Å². The highest BCUT2D eigenvalue weighted by Gasteiger charge is 2.64. The second kappa shape index (κ2) is 17.5. The van der Waals surface area contributed by atoms with Crippen molar-refractivity contribution in [2.45, 2.75) is 119 Å². The van der Waals surface area contributed by atoms with Crippen LogP contribution >= 0.6 is 63.7 Å². The van der Waals surface area contributed by atoms with Gasteiger partial charge in [0.2, 0.25) is 0 Å². The molecule has 0 aromatic heterocycles. The summed E-state index contributed by atoms with van der Waals surface area (Å²) in [5.74, 6) is 1.69. The molecule has 0 heterocycles. The number of carbonyl (C=O) groups excluding carboxylic acids is 3. The van der Waals surface area contributed by atoms with Crippen LogP contribution in [0, 0.1) is 46.3 Å². The number of rotatable bonds is 12. The number of hydrogen-bond acceptors (Lipinski definition) is 6. The van der Waals surface area contributed by atoms with E-state index in [9.17, 15) is 14.4 Å². The molecule has 0 amide bonds. The first-order chi connectivity index (χ1) is 25.4. The zero-order valence-electron chi connectivity index (χ0n) is 31.4. The standard InChI is InChI=1S/C43H54Br4O6/c1-25(5-12-38(48)51-4)34-10-11-35-39-36(14-16-43(34,35)3)42(2)15-13-33(52-40(49)26-6-8-28(21-44)30(17-26)23-46)19-32(42)20-37(39)53-41(50)27-7-9-29(22-45)31(18-27)24-47/h6-9,17-18,25,32-37,39H,5,10-16,19-24H2,1-4H3/t25-,32+,33-,34-,35+,36+,37-,39+,42+,43-/m1/s1. The average Bonchev–Trinajstić information content (AvgIpc) is 3.53. The van der Waals surface area contributed by atoms with Crippen LogP contribution in [0.25, 0.3) is 0 Å². The molecule has 4 aliphatic carbocycles. The van der Waals surface area contributed by atoms with E-state index < -0.39 is 0 Å². The predicted octanol–water partition coefficient (Wildman–Crippen LogP) is 11.9. The lowest BCUT2D eigenvalue weighted by atomic mass is 9.43. The first-order valence-corrected chi connectivity index (χ1v) is 23.8. The molecule has 290 valence electrons. The van der Waals surface area contributed by atoms with Crippen LogP contribution in [-0.4, -0.2) is 37.2 Å². The minimum atomic E-state index is -0.264. The highest BCUT2D eigenvalue weighted by molar-refractivity contribution is 9.09. The molecule has 0 spiro atoms. The van der Waals surface area contributed by atoms with Gasteiger partial charge >= 0.3 is 17.9 Å². The molecule has 4 saturated carbocycles. The summed E-state index contributed by atoms with van der Waals surface area (Å²) in [6, 6.07) is 11.7. The van der Waals surface area contributed by atoms with E-state index >= 15 is 0 Å². The molecular weight excluding hydrogens is 932 g/mol. The fourth-order valence-electron chi connectivity index (χ4n) is 11.5. The summed E-state index contributed by atoms with van der Waals surface area (Å²) in [6.07, 6.45) is 8.84. The van der Waals surface area contributed by atoms with Crippen molar-refractivity contribution in [3.05, 3.63) is 69.8 Å². The summed E-state index contributed by atoms with van der Waals surface area (Å²) in [6.45, 7) is 7.30. The normalized spacial score (nSPS) is 32.5. The number of fused-ring (bicyclic) bond motifs is 5. The summed E-state index contributed by atoms with van der Waals surface area (Å²) >= 11 is 14.3. The molecule has 4 fully saturated rings. The van der Waals surface area contributed by atoms with Gasteiger partial charge in [-0.15, -0.1) is 0 Å². The molecule has 6 rings (SSSR count). The predicted molar refractivity (Wildman–Crippen MR) is 223 cm³/mol. The minimum Gasteiger partial charge on any atom is -0.469 e. The number of methoxy groups -OCH3 is 1. The number of halogens is 4. The molecule has 0 radical (unpaired) electrons. The van der Waals surface area contributed by atoms with Crippen molar-refractivity contribution >= 4 is 81.6 Å². The highest BCUT2D eigenvalue weighted by Crippen LogP contribution is 2.69. The maximum Gasteiger partial charge on any atom is 0.338 e. The summed E-state index contributed by atoms with van der Waals surface area (Å²) in [5, 5.41) is 2.79. The van der Waals surface area contributed by atoms with Gasteiger partial charge in [0, 0.05) is 33.7 Å². The Kier molecular flexibility index (Phi) is 13.7. The molecule has 0 aliphatic heterocycles. The molecule has 53 heavy (non-hydrogen) atoms. The number of carbonyl (C=O) groups is 3. The Hall–Kier alpha value is -1.23. The van der Waals surface area contributed by atoms with E-state index in [1.54, 1.807) is 0 Å². The second-order valence-corrected chi connectivity index (χ2v) is 19.0. The van der Waals surface area contributed by atoms with Crippen LogP contribution in [0.1, 0.15) is 128 Å². The van der Waals surface area contributed by atoms with E-state index in [4.69, 9.17) is 14.2 Å². The molecule has 2 aromatic rings. The van der Waals surface area contributed by atoms with Crippen LogP contribution < -0.4 is 0 Å². The van der Waals surface area contributed by atoms with Crippen molar-refractivity contribution < 1.29 is 28.6 Å². The molecule has 6 nitrogen and oxygen atoms in total. The first kappa shape index (κ1) is 41.4. The van der Waals surface area contributed by atoms with Gasteiger partial charge in [-0.05, 0) is 145 Å². The third kappa shape index (κ3) is 8.28. The van der Waals surface area contributed by atoms with Gasteiger partial charge in [-0.2, -0.15) is 0 Å². The third-order valence-electron chi connectivity index (χ3n) is 14.4. The molecule has 2 aromatic carbocycles. The fraction of sp³-hybridized carbons (Fsp3) is 0.651. The maximum atomic E-state index is 14.1. The van der Waals surface area contributed by atoms with Gasteiger partial charge in [-0.3, -0.25) is 4.79 Å². The fourth-order valence-corrected chi connectivity index (χ4v) is 13.6. The topological polar surface area (TPSA) is 78.9 Å². The van der Waals surface area contributed by atoms with E-state index in [1.165, 1.54) is 7.11 Å². The van der Waals surface area contributed by atoms with E-state index in [0.29, 0.717) is 51.9 Å². The van der Waals surface area contributed by atoms with Gasteiger partial charge in [0.25, 0.3) is 0 Å². The molecule has 10 heteroatoms. The number of hydrogen-bond donors (Lipinski definition) is 0. The molecular formula is C43H54Br4O6. The Balaban J connectivity index is 1.26. The van der Waals surface area contributed by atoms with Crippen molar-refractivity contribution in [2.75, 3.05) is 7.11 Å². The van der Waals surface area contributed by atoms with Gasteiger partial charge in [0.05, 0.1) is 18.2 Å². The number of ether oxygens (including phenoxy) is 3. The first-order valence-electron chi connectivity index (χ1n) is 19.4. The maximum absolute atomic E-state index is 14.1. The quantitative estimate of drug-likeness (QED) is 0.120. The second-order valence-electron chi connectivity index (χ2n) is 16.8. The molecule has 4 aliphatic rings. The zero-order chi connectivity index (χ0) is 38.1. The summed E-state index contributed by atoms with van der Waals surface area (Å²) < 4.78 is 18.0. The molecule has 0 N–H and O–H groups in total. The lowest BCUT2D eigenvalue weighted by Gasteiger charge is -2.62. The van der Waals surface area contributed by atoms with Gasteiger partial charge in [0.15, 0.2) is 0 Å². The van der Waals surface area contributed by atoms with Crippen LogP contribution in [0.4, 0.5) is 0 Å². The van der Waals surface area contributed by atoms with E-state index in [-0.39, 0.29) is 52.8 Å². The largest absolute Gasteiger partial charge is 0.469 e. The van der Waals surface area contributed by atoms with Gasteiger partial charge < -0.3 is 14.2 Å². The zero-order valence-corrected chi connectivity index (χ0v) is 37.8. The minimum absolute atomic E-state index is 0.0771. The Bertz CT molecular complexity index is 1660. The molecule has 0 unspecified atom stereocenters. The average molecular weight is 987 g/mol. The third-order valence-corrected chi connectivity index (χ3v) is 16.8. The van der Waals surface area contributed by atoms with Gasteiger partial charge in [-0.25, -0.2) is 9.59 Å². The van der Waals surface area contributed by atoms with Crippen molar-refractivity contribution in [1.29, 1.82) is 0 Å². The van der Waals surface area contributed by atoms with Crippen molar-refractivity contribution in [3.63, 3.8) is 0 Å². The van der Waals surface area contributed by atoms with Crippen LogP contribution in [-0.2, 0) is 40.3 Å². The summed E-state index contributed by atoms with van der Waals surface area (Å²) in [5.41, 5.74) is 5.85. The number of esters is 3. The van der Waals surface area contributed by atoms with E-state index in [0.717, 1.165) is 90.7 Å². The Morgan fingerprint density at radius 3 is 1.89 bits per heavy atom. The molecule has 10 atom stereocenters. The lowest BCUT2D eigenvalue weighted by molar-refractivity contribution is -0.175. The van der Waals surface area contributed by atoms with Crippen molar-refractivity contribution in [3.8, 4) is 0 Å². The van der Waals surface area contributed by atoms with Crippen molar-refractivity contribution in [2.24, 2.45) is 46.3 Å². The SMILES string of the molecule is COC(=O)CC[C@@H](C)[C@H]1CC[C@H]2[C@@H]3[C@H](OC(=O)c4ccc(CBr)c(CBr)c4)C[C@@H]4C[C@H](OC(=O)c5ccc(CBr)c(CBr)c5)CC[C@]4(C)[C@H]3CC[C@]12C. The Labute approximate surface area is 349 Å². The highest BCUT2D eigenvalue weighted by atomic mass is 79.9. The van der Waals surface area contributed by atoms with Crippen LogP contribution in [0.5, 0.6) is 0 Å². The Morgan fingerprint density at radius 2 is 1.30 bits per heavy atom. The van der Waals surface area contributed by atoms with Crippen LogP contribution in [0.3, 0.4) is 0 Å². The monoisotopic (exact) mass is 982 g/mol. The summed E-state index contributed by atoms with van der Waals surface area (Å²) in [7, 11) is 1.47. The molecule has 0 bridgehead atoms. The van der Waals surface area contributed by atoms with Crippen molar-refractivity contribution in [1.82, 2.24) is 0 Å². The summed E-state index contributed by atoms with van der Waals surface area (Å²) in [4.78, 5) is 39.7. The van der Waals surface area contributed by atoms with Gasteiger partial charge in [-0.1, -0.05) is 96.6 Å². The van der Waals surface area contributed by atoms with Crippen LogP contribution in [0.15, 0.2) is 36.4 Å². The van der Waals surface area contributed by atoms with E-state index in [1.807, 2.05) is 36.4 Å². The number of alkyl halides is 4. The lowest BCUT2D eigenvalue weighted by Crippen LogP contribution is -2.59.